The largest absolute Gasteiger partial charge is 0.463 e. The van der Waals surface area contributed by atoms with E-state index in [9.17, 15) is 36.3 Å². The number of carbonyl (C=O) groups is 2. The van der Waals surface area contributed by atoms with Crippen LogP contribution in [-0.2, 0) is 28.9 Å². The monoisotopic (exact) mass is 646 g/mol. The zero-order valence-electron chi connectivity index (χ0n) is 25.1. The number of carbonyl (C=O) groups excluding carboxylic acids is 2. The molecule has 0 bridgehead atoms. The molecular formula is C30H41F3O8SSi. The predicted molar refractivity (Wildman–Crippen MR) is 162 cm³/mol. The highest BCUT2D eigenvalue weighted by atomic mass is 32.2. The van der Waals surface area contributed by atoms with Gasteiger partial charge in [-0.15, -0.1) is 0 Å². The van der Waals surface area contributed by atoms with Crippen LogP contribution in [0.5, 0.6) is 0 Å². The Kier molecular flexibility index (Phi) is 17.0. The summed E-state index contributed by atoms with van der Waals surface area (Å²) in [6, 6.07) is 18.2. The molecule has 0 saturated heterocycles. The molecule has 2 atom stereocenters. The van der Waals surface area contributed by atoms with Crippen LogP contribution in [0.4, 0.5) is 13.2 Å². The maximum atomic E-state index is 11.9. The summed E-state index contributed by atoms with van der Waals surface area (Å²) in [4.78, 5) is 22.2. The Hall–Kier alpha value is -3.26. The minimum Gasteiger partial charge on any atom is -0.463 e. The quantitative estimate of drug-likeness (QED) is 0.207. The number of esters is 2. The molecule has 0 radical (unpaired) electrons. The van der Waals surface area contributed by atoms with Crippen molar-refractivity contribution in [2.75, 3.05) is 19.0 Å². The third-order valence-electron chi connectivity index (χ3n) is 5.97. The Labute approximate surface area is 252 Å². The number of ether oxygens (including phenoxy) is 2. The predicted octanol–water partition coefficient (Wildman–Crippen LogP) is 4.52. The highest BCUT2D eigenvalue weighted by Gasteiger charge is 2.39. The summed E-state index contributed by atoms with van der Waals surface area (Å²) in [5.41, 5.74) is -0.632. The Balaban J connectivity index is 0.000000625. The first kappa shape index (κ1) is 39.7. The summed E-state index contributed by atoms with van der Waals surface area (Å²) in [5, 5.41) is 19.5. The van der Waals surface area contributed by atoms with Crippen LogP contribution in [0.25, 0.3) is 0 Å². The van der Waals surface area contributed by atoms with Crippen molar-refractivity contribution < 1.29 is 50.9 Å². The summed E-state index contributed by atoms with van der Waals surface area (Å²) >= 11 is 0. The fourth-order valence-electron chi connectivity index (χ4n) is 3.01. The molecule has 13 heteroatoms. The molecule has 0 aromatic heterocycles. The van der Waals surface area contributed by atoms with E-state index in [-0.39, 0.29) is 29.4 Å². The number of alkyl halides is 3. The molecule has 0 saturated carbocycles. The van der Waals surface area contributed by atoms with Crippen LogP contribution >= 0.6 is 0 Å². The van der Waals surface area contributed by atoms with Gasteiger partial charge in [-0.25, -0.2) is 18.0 Å². The van der Waals surface area contributed by atoms with Crippen LogP contribution in [0.1, 0.15) is 27.2 Å². The van der Waals surface area contributed by atoms with Crippen LogP contribution in [0, 0.1) is 0 Å². The molecule has 2 unspecified atom stereocenters. The average Bonchev–Trinajstić information content (AvgIpc) is 2.94. The third kappa shape index (κ3) is 14.7. The summed E-state index contributed by atoms with van der Waals surface area (Å²) < 4.78 is 68.3. The van der Waals surface area contributed by atoms with Crippen molar-refractivity contribution in [1.29, 1.82) is 0 Å². The number of aliphatic hydroxyl groups is 2. The first-order valence-corrected chi connectivity index (χ1v) is 18.0. The molecule has 2 aromatic rings. The molecule has 2 aromatic carbocycles. The summed E-state index contributed by atoms with van der Waals surface area (Å²) in [6.07, 6.45) is -8.17. The average molecular weight is 647 g/mol. The van der Waals surface area contributed by atoms with Gasteiger partial charge in [0.1, 0.15) is 8.07 Å². The summed E-state index contributed by atoms with van der Waals surface area (Å²) in [5.74, 6) is -2.02. The van der Waals surface area contributed by atoms with Crippen molar-refractivity contribution >= 4 is 35.0 Å². The van der Waals surface area contributed by atoms with Gasteiger partial charge in [-0.1, -0.05) is 80.0 Å². The normalized spacial score (nSPS) is 12.7. The van der Waals surface area contributed by atoms with Gasteiger partial charge in [-0.05, 0) is 32.9 Å². The highest BCUT2D eigenvalue weighted by Crippen LogP contribution is 2.24. The second-order valence-corrected chi connectivity index (χ2v) is 16.6. The Bertz CT molecular complexity index is 1280. The Morgan fingerprint density at radius 3 is 1.67 bits per heavy atom. The van der Waals surface area contributed by atoms with E-state index in [1.807, 2.05) is 25.1 Å². The van der Waals surface area contributed by atoms with Crippen molar-refractivity contribution in [3.8, 4) is 0 Å². The van der Waals surface area contributed by atoms with E-state index >= 15 is 0 Å². The first-order valence-electron chi connectivity index (χ1n) is 13.3. The number of benzene rings is 2. The van der Waals surface area contributed by atoms with Crippen LogP contribution < -0.4 is 5.19 Å². The number of halogens is 3. The fraction of sp³-hybridized carbons (Fsp3) is 0.400. The molecule has 0 heterocycles. The van der Waals surface area contributed by atoms with Gasteiger partial charge in [0.05, 0.1) is 23.9 Å². The summed E-state index contributed by atoms with van der Waals surface area (Å²) in [7, 11) is -5.12. The molecule has 0 fully saturated rings. The van der Waals surface area contributed by atoms with E-state index in [1.54, 1.807) is 25.1 Å². The molecule has 2 rings (SSSR count). The molecule has 43 heavy (non-hydrogen) atoms. The maximum absolute atomic E-state index is 11.9. The van der Waals surface area contributed by atoms with Gasteiger partial charge >= 0.3 is 18.1 Å². The number of rotatable bonds is 11. The molecule has 0 aliphatic carbocycles. The fourth-order valence-corrected chi connectivity index (χ4v) is 5.86. The van der Waals surface area contributed by atoms with E-state index in [1.165, 1.54) is 24.2 Å². The number of sulfone groups is 1. The number of aliphatic hydroxyl groups excluding tert-OH is 2. The second-order valence-electron chi connectivity index (χ2n) is 9.75. The van der Waals surface area contributed by atoms with Crippen LogP contribution in [-0.4, -0.2) is 75.6 Å². The molecule has 0 aliphatic rings. The lowest BCUT2D eigenvalue weighted by atomic mass is 10.1. The second kappa shape index (κ2) is 18.4. The molecule has 240 valence electrons. The number of hydrogen-bond acceptors (Lipinski definition) is 8. The van der Waals surface area contributed by atoms with Gasteiger partial charge in [-0.2, -0.15) is 13.2 Å². The van der Waals surface area contributed by atoms with Crippen LogP contribution in [0.3, 0.4) is 0 Å². The topological polar surface area (TPSA) is 127 Å². The van der Waals surface area contributed by atoms with E-state index in [0.29, 0.717) is 0 Å². The molecule has 0 spiro atoms. The van der Waals surface area contributed by atoms with Crippen LogP contribution in [0.15, 0.2) is 89.9 Å². The highest BCUT2D eigenvalue weighted by molar-refractivity contribution is 7.91. The first-order chi connectivity index (χ1) is 19.8. The van der Waals surface area contributed by atoms with E-state index in [2.05, 4.69) is 47.9 Å². The Morgan fingerprint density at radius 1 is 0.860 bits per heavy atom. The van der Waals surface area contributed by atoms with Crippen molar-refractivity contribution in [2.45, 2.75) is 63.2 Å². The maximum Gasteiger partial charge on any atom is 0.414 e. The van der Waals surface area contributed by atoms with Crippen molar-refractivity contribution in [2.24, 2.45) is 0 Å². The molecular weight excluding hydrogens is 605 g/mol. The van der Waals surface area contributed by atoms with Gasteiger partial charge in [-0.3, -0.25) is 0 Å². The van der Waals surface area contributed by atoms with Gasteiger partial charge in [0, 0.05) is 23.3 Å². The van der Waals surface area contributed by atoms with Crippen molar-refractivity contribution in [1.82, 2.24) is 0 Å². The summed E-state index contributed by atoms with van der Waals surface area (Å²) in [6.45, 7) is 16.2. The standard InChI is InChI=1S/C12H14O4S.C10H16OSi.C8H11F3O3/c1-3-16-12(13)10(2)9-17(14,15)11-7-5-4-6-8-11;1-9(11)12(2,3)10-7-5-4-6-8-10;1-3-14-7(13)5(2)4-6(12)8(9,10)11/h4-8H,2-3,9H2,1H3;4-9,11H,1-3H3;6,12H,2-4H2,1H3. The Morgan fingerprint density at radius 2 is 1.28 bits per heavy atom. The minimum atomic E-state index is -4.74. The van der Waals surface area contributed by atoms with Gasteiger partial charge < -0.3 is 19.7 Å². The zero-order chi connectivity index (χ0) is 33.4. The number of hydrogen-bond donors (Lipinski definition) is 2. The zero-order valence-corrected chi connectivity index (χ0v) is 26.9. The van der Waals surface area contributed by atoms with Gasteiger partial charge in [0.15, 0.2) is 15.9 Å². The van der Waals surface area contributed by atoms with Gasteiger partial charge in [0.2, 0.25) is 0 Å². The van der Waals surface area contributed by atoms with Crippen LogP contribution in [0.2, 0.25) is 13.1 Å². The smallest absolute Gasteiger partial charge is 0.414 e. The van der Waals surface area contributed by atoms with Gasteiger partial charge in [0.25, 0.3) is 0 Å². The SMILES string of the molecule is C=C(CC(O)C(F)(F)F)C(=O)OCC.C=C(CS(=O)(=O)c1ccccc1)C(=O)OCC.CC(O)[Si](C)(C)c1ccccc1. The molecule has 8 nitrogen and oxygen atoms in total. The molecule has 0 amide bonds. The third-order valence-corrected chi connectivity index (χ3v) is 11.6. The van der Waals surface area contributed by atoms with E-state index in [4.69, 9.17) is 5.11 Å². The lowest BCUT2D eigenvalue weighted by Gasteiger charge is -2.25. The van der Waals surface area contributed by atoms with Crippen molar-refractivity contribution in [3.63, 3.8) is 0 Å². The molecule has 0 aliphatic heterocycles. The van der Waals surface area contributed by atoms with E-state index < -0.39 is 59.9 Å². The lowest BCUT2D eigenvalue weighted by molar-refractivity contribution is -0.203. The minimum absolute atomic E-state index is 0.0555. The van der Waals surface area contributed by atoms with E-state index in [0.717, 1.165) is 0 Å². The molecule has 2 N–H and O–H groups in total. The lowest BCUT2D eigenvalue weighted by Crippen LogP contribution is -2.51. The van der Waals surface area contributed by atoms with Crippen molar-refractivity contribution in [3.05, 3.63) is 85.0 Å².